The molecule has 0 N–H and O–H groups in total. The maximum Gasteiger partial charge on any atom is 0.254 e. The van der Waals surface area contributed by atoms with E-state index in [1.165, 1.54) is 21.3 Å². The van der Waals surface area contributed by atoms with Gasteiger partial charge in [0.2, 0.25) is 11.7 Å². The Labute approximate surface area is 142 Å². The van der Waals surface area contributed by atoms with Crippen molar-refractivity contribution in [2.45, 2.75) is 19.9 Å². The maximum absolute atomic E-state index is 12.8. The molecular weight excluding hydrogens is 312 g/mol. The number of piperazine rings is 1. The van der Waals surface area contributed by atoms with Crippen LogP contribution in [0.5, 0.6) is 17.2 Å². The summed E-state index contributed by atoms with van der Waals surface area (Å²) in [5.74, 6) is 0.972. The molecule has 1 saturated heterocycles. The molecule has 7 heteroatoms. The summed E-state index contributed by atoms with van der Waals surface area (Å²) >= 11 is 0. The quantitative estimate of drug-likeness (QED) is 0.813. The molecule has 24 heavy (non-hydrogen) atoms. The number of hydrogen-bond donors (Lipinski definition) is 0. The van der Waals surface area contributed by atoms with Gasteiger partial charge in [0.05, 0.1) is 21.3 Å². The number of carbonyl (C=O) groups excluding carboxylic acids is 2. The molecule has 1 aliphatic heterocycles. The monoisotopic (exact) mass is 336 g/mol. The zero-order chi connectivity index (χ0) is 17.9. The van der Waals surface area contributed by atoms with Crippen LogP contribution < -0.4 is 14.2 Å². The third-order valence-corrected chi connectivity index (χ3v) is 4.08. The van der Waals surface area contributed by atoms with Crippen molar-refractivity contribution in [1.29, 1.82) is 0 Å². The average molecular weight is 336 g/mol. The predicted octanol–water partition coefficient (Wildman–Crippen LogP) is 1.41. The summed E-state index contributed by atoms with van der Waals surface area (Å²) in [5, 5.41) is 0. The van der Waals surface area contributed by atoms with Crippen LogP contribution >= 0.6 is 0 Å². The summed E-state index contributed by atoms with van der Waals surface area (Å²) < 4.78 is 15.8. The van der Waals surface area contributed by atoms with Gasteiger partial charge in [0, 0.05) is 24.7 Å². The molecule has 0 saturated carbocycles. The number of hydrogen-bond acceptors (Lipinski definition) is 5. The number of nitrogens with zero attached hydrogens (tertiary/aromatic N) is 2. The summed E-state index contributed by atoms with van der Waals surface area (Å²) in [6, 6.07) is 3.34. The normalized spacial score (nSPS) is 14.8. The third-order valence-electron chi connectivity index (χ3n) is 4.08. The fraction of sp³-hybridized carbons (Fsp3) is 0.529. The first-order chi connectivity index (χ1) is 11.4. The van der Waals surface area contributed by atoms with E-state index in [-0.39, 0.29) is 24.4 Å². The van der Waals surface area contributed by atoms with Gasteiger partial charge in [-0.1, -0.05) is 0 Å². The van der Waals surface area contributed by atoms with Crippen LogP contribution in [0, 0.1) is 0 Å². The largest absolute Gasteiger partial charge is 0.493 e. The molecule has 0 atom stereocenters. The van der Waals surface area contributed by atoms with Crippen LogP contribution in [0.4, 0.5) is 0 Å². The van der Waals surface area contributed by atoms with E-state index in [0.29, 0.717) is 35.9 Å². The number of methoxy groups -OCH3 is 3. The molecule has 0 bridgehead atoms. The van der Waals surface area contributed by atoms with Crippen molar-refractivity contribution in [3.05, 3.63) is 17.7 Å². The van der Waals surface area contributed by atoms with E-state index >= 15 is 0 Å². The van der Waals surface area contributed by atoms with Crippen LogP contribution in [-0.4, -0.2) is 68.6 Å². The summed E-state index contributed by atoms with van der Waals surface area (Å²) in [6.45, 7) is 5.04. The van der Waals surface area contributed by atoms with Gasteiger partial charge in [-0.05, 0) is 26.0 Å². The van der Waals surface area contributed by atoms with E-state index in [4.69, 9.17) is 14.2 Å². The lowest BCUT2D eigenvalue weighted by Crippen LogP contribution is -2.54. The molecule has 0 aliphatic carbocycles. The van der Waals surface area contributed by atoms with E-state index in [1.807, 2.05) is 13.8 Å². The smallest absolute Gasteiger partial charge is 0.254 e. The van der Waals surface area contributed by atoms with Crippen LogP contribution in [0.15, 0.2) is 12.1 Å². The molecule has 0 aromatic heterocycles. The van der Waals surface area contributed by atoms with Gasteiger partial charge in [-0.2, -0.15) is 0 Å². The Balaban J connectivity index is 2.26. The Kier molecular flexibility index (Phi) is 5.54. The molecule has 0 unspecified atom stereocenters. The first-order valence-electron chi connectivity index (χ1n) is 7.81. The Bertz CT molecular complexity index is 604. The second-order valence-corrected chi connectivity index (χ2v) is 5.82. The molecule has 1 fully saturated rings. The molecule has 1 heterocycles. The average Bonchev–Trinajstić information content (AvgIpc) is 2.59. The highest BCUT2D eigenvalue weighted by Crippen LogP contribution is 2.38. The maximum atomic E-state index is 12.8. The predicted molar refractivity (Wildman–Crippen MR) is 88.9 cm³/mol. The summed E-state index contributed by atoms with van der Waals surface area (Å²) in [7, 11) is 4.50. The first-order valence-corrected chi connectivity index (χ1v) is 7.81. The fourth-order valence-corrected chi connectivity index (χ4v) is 2.79. The molecular formula is C17H24N2O5. The SMILES string of the molecule is COc1cc(C(=O)N2CCN(C(C)C)C(=O)C2)cc(OC)c1OC. The molecule has 7 nitrogen and oxygen atoms in total. The molecule has 0 radical (unpaired) electrons. The second kappa shape index (κ2) is 7.42. The highest BCUT2D eigenvalue weighted by molar-refractivity contribution is 5.98. The molecule has 0 spiro atoms. The van der Waals surface area contributed by atoms with Crippen molar-refractivity contribution in [2.24, 2.45) is 0 Å². The highest BCUT2D eigenvalue weighted by Gasteiger charge is 2.30. The minimum absolute atomic E-state index is 0.0444. The molecule has 132 valence electrons. The molecule has 1 aromatic carbocycles. The van der Waals surface area contributed by atoms with Gasteiger partial charge in [0.15, 0.2) is 11.5 Å². The van der Waals surface area contributed by atoms with Crippen LogP contribution in [-0.2, 0) is 4.79 Å². The van der Waals surface area contributed by atoms with Crippen molar-refractivity contribution in [3.8, 4) is 17.2 Å². The van der Waals surface area contributed by atoms with Crippen molar-refractivity contribution in [2.75, 3.05) is 41.0 Å². The van der Waals surface area contributed by atoms with Gasteiger partial charge in [0.25, 0.3) is 5.91 Å². The number of ether oxygens (including phenoxy) is 3. The second-order valence-electron chi connectivity index (χ2n) is 5.82. The number of carbonyl (C=O) groups is 2. The van der Waals surface area contributed by atoms with E-state index in [0.717, 1.165) is 0 Å². The van der Waals surface area contributed by atoms with Gasteiger partial charge < -0.3 is 24.0 Å². The Morgan fingerprint density at radius 1 is 1.04 bits per heavy atom. The molecule has 2 rings (SSSR count). The van der Waals surface area contributed by atoms with Gasteiger partial charge in [-0.3, -0.25) is 9.59 Å². The van der Waals surface area contributed by atoms with Crippen molar-refractivity contribution < 1.29 is 23.8 Å². The van der Waals surface area contributed by atoms with E-state index in [1.54, 1.807) is 21.9 Å². The standard InChI is InChI=1S/C17H24N2O5/c1-11(2)19-7-6-18(10-15(19)20)17(21)12-8-13(22-3)16(24-5)14(9-12)23-4/h8-9,11H,6-7,10H2,1-5H3. The minimum Gasteiger partial charge on any atom is -0.493 e. The summed E-state index contributed by atoms with van der Waals surface area (Å²) in [5.41, 5.74) is 0.398. The van der Waals surface area contributed by atoms with Gasteiger partial charge in [-0.15, -0.1) is 0 Å². The van der Waals surface area contributed by atoms with Crippen LogP contribution in [0.2, 0.25) is 0 Å². The van der Waals surface area contributed by atoms with Crippen LogP contribution in [0.1, 0.15) is 24.2 Å². The lowest BCUT2D eigenvalue weighted by molar-refractivity contribution is -0.136. The minimum atomic E-state index is -0.231. The number of rotatable bonds is 5. The van der Waals surface area contributed by atoms with Gasteiger partial charge in [-0.25, -0.2) is 0 Å². The van der Waals surface area contributed by atoms with E-state index in [9.17, 15) is 9.59 Å². The number of amides is 2. The van der Waals surface area contributed by atoms with Crippen molar-refractivity contribution in [1.82, 2.24) is 9.80 Å². The lowest BCUT2D eigenvalue weighted by Gasteiger charge is -2.36. The van der Waals surface area contributed by atoms with Gasteiger partial charge >= 0.3 is 0 Å². The fourth-order valence-electron chi connectivity index (χ4n) is 2.79. The molecule has 2 amide bonds. The van der Waals surface area contributed by atoms with E-state index in [2.05, 4.69) is 0 Å². The van der Waals surface area contributed by atoms with Crippen LogP contribution in [0.3, 0.4) is 0 Å². The molecule has 1 aromatic rings. The summed E-state index contributed by atoms with van der Waals surface area (Å²) in [4.78, 5) is 28.3. The lowest BCUT2D eigenvalue weighted by atomic mass is 10.1. The van der Waals surface area contributed by atoms with E-state index < -0.39 is 0 Å². The molecule has 1 aliphatic rings. The van der Waals surface area contributed by atoms with Gasteiger partial charge in [0.1, 0.15) is 6.54 Å². The Hall–Kier alpha value is -2.44. The Morgan fingerprint density at radius 2 is 1.62 bits per heavy atom. The highest BCUT2D eigenvalue weighted by atomic mass is 16.5. The first kappa shape index (κ1) is 17.9. The Morgan fingerprint density at radius 3 is 2.04 bits per heavy atom. The third kappa shape index (κ3) is 3.39. The summed E-state index contributed by atoms with van der Waals surface area (Å²) in [6.07, 6.45) is 0. The van der Waals surface area contributed by atoms with Crippen molar-refractivity contribution in [3.63, 3.8) is 0 Å². The van der Waals surface area contributed by atoms with Crippen LogP contribution in [0.25, 0.3) is 0 Å². The van der Waals surface area contributed by atoms with Crippen molar-refractivity contribution >= 4 is 11.8 Å². The zero-order valence-electron chi connectivity index (χ0n) is 14.8. The topological polar surface area (TPSA) is 68.3 Å². The zero-order valence-corrected chi connectivity index (χ0v) is 14.8. The number of benzene rings is 1.